The topological polar surface area (TPSA) is 68.0 Å². The van der Waals surface area contributed by atoms with Crippen LogP contribution >= 0.6 is 0 Å². The van der Waals surface area contributed by atoms with Gasteiger partial charge in [0.25, 0.3) is 5.91 Å². The van der Waals surface area contributed by atoms with Crippen molar-refractivity contribution in [3.8, 4) is 0 Å². The van der Waals surface area contributed by atoms with Crippen LogP contribution in [0.1, 0.15) is 51.6 Å². The Morgan fingerprint density at radius 3 is 2.54 bits per heavy atom. The van der Waals surface area contributed by atoms with Crippen LogP contribution in [0.5, 0.6) is 0 Å². The fourth-order valence-corrected chi connectivity index (χ4v) is 3.06. The van der Waals surface area contributed by atoms with Gasteiger partial charge in [-0.2, -0.15) is 0 Å². The average Bonchev–Trinajstić information content (AvgIpc) is 2.85. The minimum atomic E-state index is -0.183. The number of benzene rings is 1. The molecule has 3 aromatic rings. The highest BCUT2D eigenvalue weighted by atomic mass is 16.5. The predicted molar refractivity (Wildman–Crippen MR) is 93.1 cm³/mol. The van der Waals surface area contributed by atoms with Gasteiger partial charge in [0.05, 0.1) is 28.5 Å². The van der Waals surface area contributed by atoms with Crippen molar-refractivity contribution < 1.29 is 9.32 Å². The third-order valence-electron chi connectivity index (χ3n) is 4.28. The number of carbonyl (C=O) groups excluding carboxylic acids is 1. The Hall–Kier alpha value is -2.69. The normalized spacial score (nSPS) is 12.4. The first-order valence-electron chi connectivity index (χ1n) is 7.98. The van der Waals surface area contributed by atoms with Gasteiger partial charge in [-0.05, 0) is 52.3 Å². The number of fused-ring (bicyclic) bond motifs is 1. The molecule has 0 aliphatic carbocycles. The molecule has 24 heavy (non-hydrogen) atoms. The van der Waals surface area contributed by atoms with Crippen LogP contribution < -0.4 is 5.32 Å². The number of nitrogens with zero attached hydrogens (tertiary/aromatic N) is 2. The minimum Gasteiger partial charge on any atom is -0.361 e. The third-order valence-corrected chi connectivity index (χ3v) is 4.28. The molecular formula is C19H21N3O2. The van der Waals surface area contributed by atoms with Crippen LogP contribution in [0.15, 0.2) is 28.8 Å². The summed E-state index contributed by atoms with van der Waals surface area (Å²) < 4.78 is 5.18. The molecule has 0 aliphatic rings. The quantitative estimate of drug-likeness (QED) is 0.792. The summed E-state index contributed by atoms with van der Waals surface area (Å²) in [5.41, 5.74) is 5.08. The van der Waals surface area contributed by atoms with E-state index < -0.39 is 0 Å². The molecule has 1 N–H and O–H groups in total. The summed E-state index contributed by atoms with van der Waals surface area (Å²) in [7, 11) is 0. The Bertz CT molecular complexity index is 908. The van der Waals surface area contributed by atoms with Gasteiger partial charge in [-0.3, -0.25) is 9.78 Å². The van der Waals surface area contributed by atoms with Crippen molar-refractivity contribution in [3.05, 3.63) is 58.1 Å². The molecular weight excluding hydrogens is 302 g/mol. The number of hydrogen-bond acceptors (Lipinski definition) is 4. The fourth-order valence-electron chi connectivity index (χ4n) is 3.06. The van der Waals surface area contributed by atoms with Gasteiger partial charge in [0.1, 0.15) is 5.76 Å². The Morgan fingerprint density at radius 2 is 1.88 bits per heavy atom. The summed E-state index contributed by atoms with van der Waals surface area (Å²) in [6, 6.07) is 7.75. The van der Waals surface area contributed by atoms with E-state index >= 15 is 0 Å². The maximum absolute atomic E-state index is 12.7. The molecule has 2 heterocycles. The fraction of sp³-hybridized carbons (Fsp3) is 0.316. The van der Waals surface area contributed by atoms with Gasteiger partial charge in [0, 0.05) is 10.9 Å². The number of aromatic nitrogens is 2. The first-order valence-corrected chi connectivity index (χ1v) is 7.98. The zero-order valence-corrected chi connectivity index (χ0v) is 14.6. The van der Waals surface area contributed by atoms with Crippen molar-refractivity contribution in [3.63, 3.8) is 0 Å². The van der Waals surface area contributed by atoms with E-state index in [1.165, 1.54) is 0 Å². The molecule has 1 aromatic carbocycles. The van der Waals surface area contributed by atoms with E-state index in [1.807, 2.05) is 58.9 Å². The number of carbonyl (C=O) groups is 1. The maximum Gasteiger partial charge on any atom is 0.253 e. The van der Waals surface area contributed by atoms with Crippen LogP contribution in [-0.4, -0.2) is 16.0 Å². The zero-order valence-electron chi connectivity index (χ0n) is 14.6. The van der Waals surface area contributed by atoms with Gasteiger partial charge >= 0.3 is 0 Å². The van der Waals surface area contributed by atoms with Crippen molar-refractivity contribution >= 4 is 16.8 Å². The number of aryl methyl sites for hydroxylation is 4. The first kappa shape index (κ1) is 16.2. The van der Waals surface area contributed by atoms with E-state index in [0.29, 0.717) is 5.56 Å². The molecule has 2 aromatic heterocycles. The number of amides is 1. The summed E-state index contributed by atoms with van der Waals surface area (Å²) in [5, 5.41) is 7.92. The second-order valence-electron chi connectivity index (χ2n) is 6.25. The van der Waals surface area contributed by atoms with Gasteiger partial charge in [0.2, 0.25) is 0 Å². The van der Waals surface area contributed by atoms with E-state index in [-0.39, 0.29) is 11.9 Å². The van der Waals surface area contributed by atoms with E-state index in [4.69, 9.17) is 4.52 Å². The Labute approximate surface area is 141 Å². The monoisotopic (exact) mass is 323 g/mol. The second kappa shape index (κ2) is 6.07. The number of nitrogens with one attached hydrogen (secondary N) is 1. The molecule has 0 radical (unpaired) electrons. The van der Waals surface area contributed by atoms with Crippen molar-refractivity contribution in [1.82, 2.24) is 15.5 Å². The molecule has 0 bridgehead atoms. The van der Waals surface area contributed by atoms with Crippen molar-refractivity contribution in [2.45, 2.75) is 40.7 Å². The summed E-state index contributed by atoms with van der Waals surface area (Å²) in [6.45, 7) is 9.54. The highest BCUT2D eigenvalue weighted by Gasteiger charge is 2.20. The lowest BCUT2D eigenvalue weighted by Crippen LogP contribution is -2.28. The van der Waals surface area contributed by atoms with Crippen LogP contribution in [0.2, 0.25) is 0 Å². The lowest BCUT2D eigenvalue weighted by atomic mass is 10.0. The molecule has 0 fully saturated rings. The van der Waals surface area contributed by atoms with Crippen LogP contribution in [0.3, 0.4) is 0 Å². The molecule has 1 amide bonds. The summed E-state index contributed by atoms with van der Waals surface area (Å²) in [6.07, 6.45) is 0. The highest BCUT2D eigenvalue weighted by Crippen LogP contribution is 2.23. The smallest absolute Gasteiger partial charge is 0.253 e. The molecule has 3 rings (SSSR count). The van der Waals surface area contributed by atoms with Crippen molar-refractivity contribution in [1.29, 1.82) is 0 Å². The lowest BCUT2D eigenvalue weighted by molar-refractivity contribution is 0.0939. The largest absolute Gasteiger partial charge is 0.361 e. The molecule has 1 unspecified atom stereocenters. The van der Waals surface area contributed by atoms with E-state index in [9.17, 15) is 4.79 Å². The predicted octanol–water partition coefficient (Wildman–Crippen LogP) is 3.95. The number of pyridine rings is 1. The molecule has 124 valence electrons. The van der Waals surface area contributed by atoms with Gasteiger partial charge in [-0.1, -0.05) is 17.3 Å². The van der Waals surface area contributed by atoms with Crippen LogP contribution in [0.4, 0.5) is 0 Å². The van der Waals surface area contributed by atoms with Gasteiger partial charge in [-0.25, -0.2) is 0 Å². The zero-order chi connectivity index (χ0) is 17.4. The molecule has 0 aliphatic heterocycles. The van der Waals surface area contributed by atoms with Crippen molar-refractivity contribution in [2.75, 3.05) is 0 Å². The van der Waals surface area contributed by atoms with Crippen LogP contribution in [-0.2, 0) is 0 Å². The van der Waals surface area contributed by atoms with Crippen molar-refractivity contribution in [2.24, 2.45) is 0 Å². The summed E-state index contributed by atoms with van der Waals surface area (Å²) in [4.78, 5) is 17.3. The number of rotatable bonds is 3. The molecule has 0 saturated heterocycles. The molecule has 5 nitrogen and oxygen atoms in total. The molecule has 5 heteroatoms. The van der Waals surface area contributed by atoms with E-state index in [1.54, 1.807) is 0 Å². The Balaban J connectivity index is 1.91. The van der Waals surface area contributed by atoms with E-state index in [0.717, 1.165) is 39.2 Å². The molecule has 1 atom stereocenters. The third kappa shape index (κ3) is 2.89. The average molecular weight is 323 g/mol. The second-order valence-corrected chi connectivity index (χ2v) is 6.25. The summed E-state index contributed by atoms with van der Waals surface area (Å²) in [5.74, 6) is 0.583. The van der Waals surface area contributed by atoms with Gasteiger partial charge < -0.3 is 9.84 Å². The standard InChI is InChI=1S/C19H21N3O2/c1-10-6-7-15-9-16(11(2)20-17(15)8-10)19(23)21-12(3)18-13(4)22-24-14(18)5/h6-9,12H,1-5H3,(H,21,23). The maximum atomic E-state index is 12.7. The van der Waals surface area contributed by atoms with Crippen LogP contribution in [0.25, 0.3) is 10.9 Å². The summed E-state index contributed by atoms with van der Waals surface area (Å²) >= 11 is 0. The van der Waals surface area contributed by atoms with Gasteiger partial charge in [0.15, 0.2) is 0 Å². The molecule has 0 spiro atoms. The van der Waals surface area contributed by atoms with Crippen LogP contribution in [0, 0.1) is 27.7 Å². The SMILES string of the molecule is Cc1ccc2cc(C(=O)NC(C)c3c(C)noc3C)c(C)nc2c1. The Morgan fingerprint density at radius 1 is 1.12 bits per heavy atom. The Kier molecular flexibility index (Phi) is 4.09. The van der Waals surface area contributed by atoms with Gasteiger partial charge in [-0.15, -0.1) is 0 Å². The van der Waals surface area contributed by atoms with E-state index in [2.05, 4.69) is 15.5 Å². The number of hydrogen-bond donors (Lipinski definition) is 1. The first-order chi connectivity index (χ1) is 11.4. The highest BCUT2D eigenvalue weighted by molar-refractivity contribution is 5.98. The minimum absolute atomic E-state index is 0.144. The lowest BCUT2D eigenvalue weighted by Gasteiger charge is -2.15. The molecule has 0 saturated carbocycles.